The first-order valence-electron chi connectivity index (χ1n) is 7.54. The molecule has 2 rings (SSSR count). The first-order chi connectivity index (χ1) is 10.7. The molecule has 1 aliphatic heterocycles. The van der Waals surface area contributed by atoms with E-state index in [1.165, 1.54) is 22.0 Å². The predicted octanol–water partition coefficient (Wildman–Crippen LogP) is 2.19. The fraction of sp³-hybridized carbons (Fsp3) is 0.667. The quantitative estimate of drug-likeness (QED) is 0.796. The van der Waals surface area contributed by atoms with Crippen LogP contribution < -0.4 is 0 Å². The predicted molar refractivity (Wildman–Crippen MR) is 79.9 cm³/mol. The summed E-state index contributed by atoms with van der Waals surface area (Å²) in [6, 6.07) is -0.648. The number of aromatic nitrogens is 2. The van der Waals surface area contributed by atoms with Gasteiger partial charge in [0.2, 0.25) is 0 Å². The molecule has 1 unspecified atom stereocenters. The lowest BCUT2D eigenvalue weighted by atomic mass is 10.2. The Bertz CT molecular complexity index is 582. The normalized spacial score (nSPS) is 21.3. The summed E-state index contributed by atoms with van der Waals surface area (Å²) in [6.07, 6.45) is 0.937. The van der Waals surface area contributed by atoms with E-state index in [9.17, 15) is 14.0 Å². The maximum absolute atomic E-state index is 14.2. The van der Waals surface area contributed by atoms with Crippen molar-refractivity contribution in [1.82, 2.24) is 14.7 Å². The molecule has 0 aliphatic carbocycles. The maximum Gasteiger partial charge on any atom is 0.410 e. The lowest BCUT2D eigenvalue weighted by molar-refractivity contribution is 0.0280. The van der Waals surface area contributed by atoms with Gasteiger partial charge >= 0.3 is 12.1 Å². The third-order valence-electron chi connectivity index (χ3n) is 3.32. The number of amides is 1. The molecule has 0 aromatic carbocycles. The SMILES string of the molecule is CCOC(=O)c1cnn(C2CN(C(=O)OC(C)(C)C)C[C@@H]2F)c1. The molecule has 0 saturated carbocycles. The van der Waals surface area contributed by atoms with E-state index < -0.39 is 29.9 Å². The van der Waals surface area contributed by atoms with Crippen LogP contribution >= 0.6 is 0 Å². The van der Waals surface area contributed by atoms with Gasteiger partial charge in [0.15, 0.2) is 0 Å². The van der Waals surface area contributed by atoms with E-state index in [-0.39, 0.29) is 25.3 Å². The lowest BCUT2D eigenvalue weighted by Crippen LogP contribution is -2.35. The number of halogens is 1. The van der Waals surface area contributed by atoms with Gasteiger partial charge in [0.1, 0.15) is 17.8 Å². The summed E-state index contributed by atoms with van der Waals surface area (Å²) in [5, 5.41) is 4.02. The van der Waals surface area contributed by atoms with Gasteiger partial charge in [-0.05, 0) is 27.7 Å². The van der Waals surface area contributed by atoms with Crippen molar-refractivity contribution < 1.29 is 23.5 Å². The zero-order valence-corrected chi connectivity index (χ0v) is 13.8. The fourth-order valence-electron chi connectivity index (χ4n) is 2.31. The van der Waals surface area contributed by atoms with Gasteiger partial charge in [-0.15, -0.1) is 0 Å². The Labute approximate surface area is 134 Å². The minimum atomic E-state index is -1.28. The van der Waals surface area contributed by atoms with Crippen LogP contribution in [0.2, 0.25) is 0 Å². The molecule has 8 heteroatoms. The van der Waals surface area contributed by atoms with Crippen LogP contribution in [0.3, 0.4) is 0 Å². The third kappa shape index (κ3) is 4.20. The Kier molecular flexibility index (Phi) is 4.91. The van der Waals surface area contributed by atoms with E-state index in [2.05, 4.69) is 5.10 Å². The average molecular weight is 327 g/mol. The molecule has 0 spiro atoms. The molecule has 1 aromatic rings. The van der Waals surface area contributed by atoms with Crippen LogP contribution in [0.1, 0.15) is 44.1 Å². The van der Waals surface area contributed by atoms with Gasteiger partial charge in [0.25, 0.3) is 0 Å². The van der Waals surface area contributed by atoms with E-state index in [0.29, 0.717) is 0 Å². The Morgan fingerprint density at radius 3 is 2.70 bits per heavy atom. The summed E-state index contributed by atoms with van der Waals surface area (Å²) >= 11 is 0. The maximum atomic E-state index is 14.2. The van der Waals surface area contributed by atoms with Gasteiger partial charge in [-0.25, -0.2) is 14.0 Å². The number of carbonyl (C=O) groups is 2. The first-order valence-corrected chi connectivity index (χ1v) is 7.54. The molecule has 1 aliphatic rings. The van der Waals surface area contributed by atoms with E-state index in [4.69, 9.17) is 9.47 Å². The van der Waals surface area contributed by atoms with Crippen molar-refractivity contribution in [3.63, 3.8) is 0 Å². The molecule has 23 heavy (non-hydrogen) atoms. The zero-order chi connectivity index (χ0) is 17.2. The Balaban J connectivity index is 2.04. The highest BCUT2D eigenvalue weighted by Gasteiger charge is 2.39. The minimum absolute atomic E-state index is 0.0613. The summed E-state index contributed by atoms with van der Waals surface area (Å²) in [5.74, 6) is -0.504. The van der Waals surface area contributed by atoms with Crippen LogP contribution in [0.25, 0.3) is 0 Å². The van der Waals surface area contributed by atoms with Crippen LogP contribution in [-0.2, 0) is 9.47 Å². The number of carbonyl (C=O) groups excluding carboxylic acids is 2. The Hall–Kier alpha value is -2.12. The average Bonchev–Trinajstić information content (AvgIpc) is 3.03. The molecule has 7 nitrogen and oxygen atoms in total. The molecule has 0 radical (unpaired) electrons. The molecule has 2 atom stereocenters. The molecule has 1 fully saturated rings. The standard InChI is InChI=1S/C15H22FN3O4/c1-5-22-13(20)10-6-17-19(7-10)12-9-18(8-11(12)16)14(21)23-15(2,3)4/h6-7,11-12H,5,8-9H2,1-4H3/t11-,12?/m0/s1. The van der Waals surface area contributed by atoms with Crippen molar-refractivity contribution in [2.45, 2.75) is 45.5 Å². The number of ether oxygens (including phenoxy) is 2. The summed E-state index contributed by atoms with van der Waals surface area (Å²) in [6.45, 7) is 7.30. The fourth-order valence-corrected chi connectivity index (χ4v) is 2.31. The second kappa shape index (κ2) is 6.55. The Morgan fingerprint density at radius 2 is 2.09 bits per heavy atom. The number of nitrogens with zero attached hydrogens (tertiary/aromatic N) is 3. The van der Waals surface area contributed by atoms with Crippen molar-refractivity contribution >= 4 is 12.1 Å². The highest BCUT2D eigenvalue weighted by atomic mass is 19.1. The van der Waals surface area contributed by atoms with Crippen LogP contribution in [-0.4, -0.2) is 58.2 Å². The number of likely N-dealkylation sites (tertiary alicyclic amines) is 1. The van der Waals surface area contributed by atoms with E-state index >= 15 is 0 Å². The van der Waals surface area contributed by atoms with Gasteiger partial charge in [-0.2, -0.15) is 5.10 Å². The Morgan fingerprint density at radius 1 is 1.39 bits per heavy atom. The van der Waals surface area contributed by atoms with Crippen LogP contribution in [0.15, 0.2) is 12.4 Å². The summed E-state index contributed by atoms with van der Waals surface area (Å²) in [5.41, 5.74) is -0.376. The lowest BCUT2D eigenvalue weighted by Gasteiger charge is -2.24. The molecule has 1 amide bonds. The van der Waals surface area contributed by atoms with E-state index in [0.717, 1.165) is 0 Å². The molecule has 1 saturated heterocycles. The molecule has 1 aromatic heterocycles. The highest BCUT2D eigenvalue weighted by molar-refractivity contribution is 5.88. The minimum Gasteiger partial charge on any atom is -0.462 e. The first kappa shape index (κ1) is 17.2. The van der Waals surface area contributed by atoms with Gasteiger partial charge in [0.05, 0.1) is 24.9 Å². The molecular weight excluding hydrogens is 305 g/mol. The van der Waals surface area contributed by atoms with Crippen molar-refractivity contribution in [2.75, 3.05) is 19.7 Å². The van der Waals surface area contributed by atoms with Crippen molar-refractivity contribution in [2.24, 2.45) is 0 Å². The number of rotatable bonds is 3. The van der Waals surface area contributed by atoms with E-state index in [1.807, 2.05) is 0 Å². The molecule has 0 N–H and O–H groups in total. The van der Waals surface area contributed by atoms with Gasteiger partial charge in [0, 0.05) is 12.7 Å². The van der Waals surface area contributed by atoms with Crippen molar-refractivity contribution in [1.29, 1.82) is 0 Å². The van der Waals surface area contributed by atoms with Crippen LogP contribution in [0.5, 0.6) is 0 Å². The summed E-state index contributed by atoms with van der Waals surface area (Å²) < 4.78 is 25.7. The third-order valence-corrected chi connectivity index (χ3v) is 3.32. The van der Waals surface area contributed by atoms with E-state index in [1.54, 1.807) is 27.7 Å². The summed E-state index contributed by atoms with van der Waals surface area (Å²) in [7, 11) is 0. The molecule has 0 bridgehead atoms. The second-order valence-corrected chi connectivity index (χ2v) is 6.40. The van der Waals surface area contributed by atoms with Crippen LogP contribution in [0.4, 0.5) is 9.18 Å². The van der Waals surface area contributed by atoms with Crippen molar-refractivity contribution in [3.8, 4) is 0 Å². The molecule has 2 heterocycles. The number of hydrogen-bond donors (Lipinski definition) is 0. The number of alkyl halides is 1. The van der Waals surface area contributed by atoms with Gasteiger partial charge in [-0.3, -0.25) is 4.68 Å². The smallest absolute Gasteiger partial charge is 0.410 e. The largest absolute Gasteiger partial charge is 0.462 e. The van der Waals surface area contributed by atoms with Gasteiger partial charge in [-0.1, -0.05) is 0 Å². The number of hydrogen-bond acceptors (Lipinski definition) is 5. The molecular formula is C15H22FN3O4. The number of esters is 1. The summed E-state index contributed by atoms with van der Waals surface area (Å²) in [4.78, 5) is 25.0. The van der Waals surface area contributed by atoms with Gasteiger partial charge < -0.3 is 14.4 Å². The van der Waals surface area contributed by atoms with Crippen LogP contribution in [0, 0.1) is 0 Å². The monoisotopic (exact) mass is 327 g/mol. The zero-order valence-electron chi connectivity index (χ0n) is 13.8. The molecule has 128 valence electrons. The van der Waals surface area contributed by atoms with Crippen molar-refractivity contribution in [3.05, 3.63) is 18.0 Å². The second-order valence-electron chi connectivity index (χ2n) is 6.40. The topological polar surface area (TPSA) is 73.7 Å². The highest BCUT2D eigenvalue weighted by Crippen LogP contribution is 2.26.